The maximum Gasteiger partial charge on any atom is 0.273 e. The van der Waals surface area contributed by atoms with E-state index in [1.807, 2.05) is 12.1 Å². The molecule has 7 heteroatoms. The minimum Gasteiger partial charge on any atom is -0.316 e. The Morgan fingerprint density at radius 2 is 1.81 bits per heavy atom. The van der Waals surface area contributed by atoms with Gasteiger partial charge in [-0.3, -0.25) is 14.4 Å². The van der Waals surface area contributed by atoms with Crippen molar-refractivity contribution in [1.29, 1.82) is 0 Å². The van der Waals surface area contributed by atoms with Crippen LogP contribution in [0.4, 0.5) is 0 Å². The first-order valence-corrected chi connectivity index (χ1v) is 9.39. The summed E-state index contributed by atoms with van der Waals surface area (Å²) in [5, 5.41) is 5.84. The molecule has 146 valence electrons. The Bertz CT molecular complexity index is 777. The second kappa shape index (κ2) is 7.24. The molecule has 1 aromatic rings. The molecule has 0 aromatic heterocycles. The molecule has 2 saturated heterocycles. The van der Waals surface area contributed by atoms with Gasteiger partial charge in [0.25, 0.3) is 5.91 Å². The van der Waals surface area contributed by atoms with Crippen molar-refractivity contribution in [1.82, 2.24) is 15.3 Å². The number of rotatable bonds is 2. The van der Waals surface area contributed by atoms with Crippen LogP contribution in [0.2, 0.25) is 0 Å². The van der Waals surface area contributed by atoms with Crippen LogP contribution >= 0.6 is 12.4 Å². The Morgan fingerprint density at radius 3 is 2.48 bits per heavy atom. The summed E-state index contributed by atoms with van der Waals surface area (Å²) in [6.45, 7) is 6.79. The van der Waals surface area contributed by atoms with Crippen LogP contribution < -0.4 is 5.32 Å². The molecular formula is C20H26ClN3O3. The minimum atomic E-state index is -0.276. The number of benzene rings is 1. The van der Waals surface area contributed by atoms with E-state index in [-0.39, 0.29) is 35.5 Å². The fraction of sp³-hybridized carbons (Fsp3) is 0.550. The van der Waals surface area contributed by atoms with Gasteiger partial charge in [-0.15, -0.1) is 12.4 Å². The summed E-state index contributed by atoms with van der Waals surface area (Å²) in [5.74, 6) is -0.375. The molecule has 3 aliphatic heterocycles. The molecule has 6 nitrogen and oxygen atoms in total. The Hall–Kier alpha value is -1.92. The number of nitrogens with zero attached hydrogens (tertiary/aromatic N) is 2. The fourth-order valence-electron chi connectivity index (χ4n) is 4.50. The largest absolute Gasteiger partial charge is 0.316 e. The van der Waals surface area contributed by atoms with Gasteiger partial charge in [0.15, 0.2) is 0 Å². The predicted octanol–water partition coefficient (Wildman–Crippen LogP) is 2.62. The summed E-state index contributed by atoms with van der Waals surface area (Å²) in [6.07, 6.45) is 2.27. The molecule has 3 amide bonds. The van der Waals surface area contributed by atoms with Gasteiger partial charge in [-0.25, -0.2) is 5.01 Å². The lowest BCUT2D eigenvalue weighted by atomic mass is 9.71. The standard InChI is InChI=1S/C20H25N3O3.ClH/c1-20(2)12-21-9-8-16(20)13-6-7-15-14(10-13)11-22(19(15)26)23-17(24)4-3-5-18(23)25;/h6-7,10,16,21H,3-5,8-9,11-12H2,1-2H3;1H. The van der Waals surface area contributed by atoms with Gasteiger partial charge in [0.1, 0.15) is 0 Å². The van der Waals surface area contributed by atoms with Crippen LogP contribution in [0, 0.1) is 5.41 Å². The zero-order valence-corrected chi connectivity index (χ0v) is 16.6. The van der Waals surface area contributed by atoms with E-state index in [4.69, 9.17) is 0 Å². The Morgan fingerprint density at radius 1 is 1.11 bits per heavy atom. The monoisotopic (exact) mass is 391 g/mol. The third-order valence-electron chi connectivity index (χ3n) is 5.95. The average Bonchev–Trinajstić information content (AvgIpc) is 2.90. The molecule has 1 aromatic carbocycles. The van der Waals surface area contributed by atoms with Crippen LogP contribution in [0.15, 0.2) is 18.2 Å². The Labute approximate surface area is 165 Å². The third-order valence-corrected chi connectivity index (χ3v) is 5.95. The molecule has 3 aliphatic rings. The lowest BCUT2D eigenvalue weighted by molar-refractivity contribution is -0.163. The van der Waals surface area contributed by atoms with Gasteiger partial charge in [0.05, 0.1) is 6.54 Å². The minimum absolute atomic E-state index is 0. The fourth-order valence-corrected chi connectivity index (χ4v) is 4.50. The van der Waals surface area contributed by atoms with Gasteiger partial charge in [-0.2, -0.15) is 5.01 Å². The van der Waals surface area contributed by atoms with Crippen LogP contribution in [0.3, 0.4) is 0 Å². The number of nitrogens with one attached hydrogen (secondary N) is 1. The average molecular weight is 392 g/mol. The number of fused-ring (bicyclic) bond motifs is 1. The number of piperidine rings is 2. The van der Waals surface area contributed by atoms with Crippen molar-refractivity contribution in [2.24, 2.45) is 5.41 Å². The molecule has 0 bridgehead atoms. The van der Waals surface area contributed by atoms with E-state index in [1.165, 1.54) is 10.6 Å². The van der Waals surface area contributed by atoms with Gasteiger partial charge >= 0.3 is 0 Å². The molecule has 4 rings (SSSR count). The van der Waals surface area contributed by atoms with Crippen molar-refractivity contribution in [3.05, 3.63) is 34.9 Å². The summed E-state index contributed by atoms with van der Waals surface area (Å²) >= 11 is 0. The molecule has 1 atom stereocenters. The third kappa shape index (κ3) is 3.36. The highest BCUT2D eigenvalue weighted by molar-refractivity contribution is 6.04. The highest BCUT2D eigenvalue weighted by Crippen LogP contribution is 2.41. The van der Waals surface area contributed by atoms with E-state index in [2.05, 4.69) is 25.2 Å². The summed E-state index contributed by atoms with van der Waals surface area (Å²) in [7, 11) is 0. The normalized spacial score (nSPS) is 24.7. The van der Waals surface area contributed by atoms with E-state index in [0.29, 0.717) is 37.3 Å². The highest BCUT2D eigenvalue weighted by atomic mass is 35.5. The van der Waals surface area contributed by atoms with E-state index in [0.717, 1.165) is 30.1 Å². The number of hydrogen-bond acceptors (Lipinski definition) is 4. The molecular weight excluding hydrogens is 366 g/mol. The van der Waals surface area contributed by atoms with Crippen molar-refractivity contribution in [3.63, 3.8) is 0 Å². The lowest BCUT2D eigenvalue weighted by Crippen LogP contribution is -2.51. The SMILES string of the molecule is CC1(C)CNCCC1c1ccc2c(c1)CN(N1C(=O)CCCC1=O)C2=O.Cl. The molecule has 0 radical (unpaired) electrons. The van der Waals surface area contributed by atoms with Crippen molar-refractivity contribution in [3.8, 4) is 0 Å². The number of carbonyl (C=O) groups excluding carboxylic acids is 3. The first-order chi connectivity index (χ1) is 12.4. The maximum atomic E-state index is 12.8. The van der Waals surface area contributed by atoms with Gasteiger partial charge in [0.2, 0.25) is 11.8 Å². The zero-order valence-electron chi connectivity index (χ0n) is 15.8. The van der Waals surface area contributed by atoms with E-state index < -0.39 is 0 Å². The van der Waals surface area contributed by atoms with Gasteiger partial charge in [-0.05, 0) is 47.9 Å². The molecule has 3 heterocycles. The number of amides is 3. The topological polar surface area (TPSA) is 69.7 Å². The van der Waals surface area contributed by atoms with Gasteiger partial charge < -0.3 is 5.32 Å². The maximum absolute atomic E-state index is 12.8. The van der Waals surface area contributed by atoms with E-state index >= 15 is 0 Å². The van der Waals surface area contributed by atoms with E-state index in [1.54, 1.807) is 0 Å². The molecule has 27 heavy (non-hydrogen) atoms. The van der Waals surface area contributed by atoms with E-state index in [9.17, 15) is 14.4 Å². The quantitative estimate of drug-likeness (QED) is 0.787. The van der Waals surface area contributed by atoms with Crippen molar-refractivity contribution < 1.29 is 14.4 Å². The number of hydrazine groups is 1. The van der Waals surface area contributed by atoms with Crippen LogP contribution in [0.1, 0.15) is 66.9 Å². The number of halogens is 1. The summed E-state index contributed by atoms with van der Waals surface area (Å²) in [5.41, 5.74) is 2.90. The first kappa shape index (κ1) is 19.8. The summed E-state index contributed by atoms with van der Waals surface area (Å²) < 4.78 is 0. The van der Waals surface area contributed by atoms with Crippen LogP contribution in [0.25, 0.3) is 0 Å². The number of imide groups is 1. The summed E-state index contributed by atoms with van der Waals surface area (Å²) in [6, 6.07) is 6.01. The second-order valence-corrected chi connectivity index (χ2v) is 8.24. The molecule has 1 N–H and O–H groups in total. The Kier molecular flexibility index (Phi) is 5.32. The molecule has 2 fully saturated rings. The van der Waals surface area contributed by atoms with Gasteiger partial charge in [-0.1, -0.05) is 26.0 Å². The molecule has 0 saturated carbocycles. The smallest absolute Gasteiger partial charge is 0.273 e. The summed E-state index contributed by atoms with van der Waals surface area (Å²) in [4.78, 5) is 37.2. The number of hydrogen-bond donors (Lipinski definition) is 1. The van der Waals surface area contributed by atoms with Crippen molar-refractivity contribution in [2.75, 3.05) is 13.1 Å². The van der Waals surface area contributed by atoms with Crippen molar-refractivity contribution in [2.45, 2.75) is 52.0 Å². The lowest BCUT2D eigenvalue weighted by Gasteiger charge is -2.39. The van der Waals surface area contributed by atoms with Crippen LogP contribution in [-0.2, 0) is 16.1 Å². The predicted molar refractivity (Wildman–Crippen MR) is 103 cm³/mol. The second-order valence-electron chi connectivity index (χ2n) is 8.24. The van der Waals surface area contributed by atoms with Crippen LogP contribution in [-0.4, -0.2) is 40.8 Å². The number of carbonyl (C=O) groups is 3. The van der Waals surface area contributed by atoms with Crippen molar-refractivity contribution >= 4 is 30.1 Å². The zero-order chi connectivity index (χ0) is 18.5. The molecule has 1 unspecified atom stereocenters. The molecule has 0 aliphatic carbocycles. The first-order valence-electron chi connectivity index (χ1n) is 9.39. The molecule has 0 spiro atoms. The van der Waals surface area contributed by atoms with Gasteiger partial charge in [0, 0.05) is 24.9 Å². The van der Waals surface area contributed by atoms with Crippen LogP contribution in [0.5, 0.6) is 0 Å². The Balaban J connectivity index is 0.00000210. The highest BCUT2D eigenvalue weighted by Gasteiger charge is 2.40.